The third kappa shape index (κ3) is 1.76. The first-order chi connectivity index (χ1) is 7.15. The highest BCUT2D eigenvalue weighted by Crippen LogP contribution is 2.30. The molecule has 0 aliphatic heterocycles. The van der Waals surface area contributed by atoms with Gasteiger partial charge in [-0.3, -0.25) is 14.9 Å². The lowest BCUT2D eigenvalue weighted by Gasteiger charge is -2.03. The van der Waals surface area contributed by atoms with Crippen molar-refractivity contribution in [3.63, 3.8) is 0 Å². The van der Waals surface area contributed by atoms with Gasteiger partial charge < -0.3 is 4.74 Å². The monoisotopic (exact) mass is 206 g/mol. The van der Waals surface area contributed by atoms with Crippen LogP contribution in [0.2, 0.25) is 0 Å². The van der Waals surface area contributed by atoms with E-state index < -0.39 is 10.6 Å². The fourth-order valence-corrected chi connectivity index (χ4v) is 1.16. The van der Waals surface area contributed by atoms with Crippen LogP contribution < -0.4 is 4.74 Å². The van der Waals surface area contributed by atoms with Gasteiger partial charge >= 0.3 is 5.69 Å². The fraction of sp³-hybridized carbons (Fsp3) is 0.111. The van der Waals surface area contributed by atoms with E-state index in [1.54, 1.807) is 6.07 Å². The Kier molecular flexibility index (Phi) is 2.98. The van der Waals surface area contributed by atoms with Gasteiger partial charge in [-0.15, -0.1) is 0 Å². The molecule has 6 nitrogen and oxygen atoms in total. The van der Waals surface area contributed by atoms with Gasteiger partial charge in [-0.1, -0.05) is 0 Å². The first-order valence-electron chi connectivity index (χ1n) is 3.86. The van der Waals surface area contributed by atoms with Gasteiger partial charge in [-0.2, -0.15) is 5.26 Å². The first kappa shape index (κ1) is 10.7. The third-order valence-corrected chi connectivity index (χ3v) is 1.81. The molecule has 1 aromatic carbocycles. The molecule has 1 rings (SSSR count). The molecule has 0 aromatic heterocycles. The molecule has 0 N–H and O–H groups in total. The summed E-state index contributed by atoms with van der Waals surface area (Å²) in [6.07, 6.45) is 0.332. The van der Waals surface area contributed by atoms with Crippen LogP contribution >= 0.6 is 0 Å². The fourth-order valence-electron chi connectivity index (χ4n) is 1.16. The number of carbonyl (C=O) groups excluding carboxylic acids is 1. The van der Waals surface area contributed by atoms with Crippen LogP contribution in [0.4, 0.5) is 5.69 Å². The van der Waals surface area contributed by atoms with Crippen molar-refractivity contribution in [1.82, 2.24) is 0 Å². The Bertz CT molecular complexity index is 462. The van der Waals surface area contributed by atoms with E-state index in [1.807, 2.05) is 0 Å². The number of nitrogens with zero attached hydrogens (tertiary/aromatic N) is 2. The molecule has 0 bridgehead atoms. The zero-order chi connectivity index (χ0) is 11.4. The second-order valence-electron chi connectivity index (χ2n) is 2.57. The molecule has 0 aliphatic carbocycles. The largest absolute Gasteiger partial charge is 0.495 e. The van der Waals surface area contributed by atoms with E-state index in [9.17, 15) is 14.9 Å². The van der Waals surface area contributed by atoms with Crippen LogP contribution in [0.1, 0.15) is 15.9 Å². The molecule has 0 radical (unpaired) electrons. The zero-order valence-corrected chi connectivity index (χ0v) is 7.76. The summed E-state index contributed by atoms with van der Waals surface area (Å²) >= 11 is 0. The smallest absolute Gasteiger partial charge is 0.301 e. The number of nitriles is 1. The summed E-state index contributed by atoms with van der Waals surface area (Å²) in [6.45, 7) is 0. The number of nitro groups is 1. The Balaban J connectivity index is 3.60. The Hall–Kier alpha value is -2.42. The number of nitro benzene ring substituents is 1. The number of rotatable bonds is 3. The molecule has 0 saturated carbocycles. The van der Waals surface area contributed by atoms with Gasteiger partial charge in [0.05, 0.1) is 17.6 Å². The highest BCUT2D eigenvalue weighted by Gasteiger charge is 2.23. The second kappa shape index (κ2) is 4.19. The number of hydrogen-bond acceptors (Lipinski definition) is 5. The lowest BCUT2D eigenvalue weighted by Crippen LogP contribution is -2.00. The lowest BCUT2D eigenvalue weighted by molar-refractivity contribution is -0.385. The molecule has 0 atom stereocenters. The average Bonchev–Trinajstić information content (AvgIpc) is 2.26. The predicted molar refractivity (Wildman–Crippen MR) is 49.8 cm³/mol. The maximum atomic E-state index is 10.7. The molecule has 0 fully saturated rings. The van der Waals surface area contributed by atoms with Gasteiger partial charge in [0.15, 0.2) is 11.8 Å². The van der Waals surface area contributed by atoms with Crippen LogP contribution in [0.15, 0.2) is 12.1 Å². The number of carbonyl (C=O) groups is 1. The number of aldehydes is 1. The third-order valence-electron chi connectivity index (χ3n) is 1.81. The number of hydrogen-bond donors (Lipinski definition) is 0. The minimum Gasteiger partial charge on any atom is -0.495 e. The van der Waals surface area contributed by atoms with Crippen LogP contribution in [-0.2, 0) is 0 Å². The normalized spacial score (nSPS) is 9.07. The average molecular weight is 206 g/mol. The van der Waals surface area contributed by atoms with Crippen LogP contribution in [0, 0.1) is 21.4 Å². The highest BCUT2D eigenvalue weighted by atomic mass is 16.6. The van der Waals surface area contributed by atoms with Gasteiger partial charge in [-0.05, 0) is 12.1 Å². The summed E-state index contributed by atoms with van der Waals surface area (Å²) in [5, 5.41) is 19.4. The molecule has 15 heavy (non-hydrogen) atoms. The van der Waals surface area contributed by atoms with Crippen molar-refractivity contribution in [2.24, 2.45) is 0 Å². The van der Waals surface area contributed by atoms with E-state index in [0.29, 0.717) is 6.29 Å². The summed E-state index contributed by atoms with van der Waals surface area (Å²) < 4.78 is 4.78. The van der Waals surface area contributed by atoms with Crippen molar-refractivity contribution in [3.8, 4) is 11.8 Å². The molecule has 0 saturated heterocycles. The number of benzene rings is 1. The molecule has 0 heterocycles. The quantitative estimate of drug-likeness (QED) is 0.422. The Morgan fingerprint density at radius 2 is 2.27 bits per heavy atom. The van der Waals surface area contributed by atoms with Crippen LogP contribution in [-0.4, -0.2) is 18.3 Å². The van der Waals surface area contributed by atoms with E-state index in [1.165, 1.54) is 19.2 Å². The highest BCUT2D eigenvalue weighted by molar-refractivity contribution is 5.84. The molecule has 6 heteroatoms. The summed E-state index contributed by atoms with van der Waals surface area (Å²) in [5.41, 5.74) is -0.906. The molecule has 0 spiro atoms. The summed E-state index contributed by atoms with van der Waals surface area (Å²) in [7, 11) is 1.29. The first-order valence-corrected chi connectivity index (χ1v) is 3.86. The van der Waals surface area contributed by atoms with Gasteiger partial charge in [-0.25, -0.2) is 0 Å². The lowest BCUT2D eigenvalue weighted by atomic mass is 10.1. The number of methoxy groups -OCH3 is 1. The maximum absolute atomic E-state index is 10.7. The molecule has 0 unspecified atom stereocenters. The van der Waals surface area contributed by atoms with E-state index in [4.69, 9.17) is 10.00 Å². The Labute approximate surface area is 84.8 Å². The summed E-state index contributed by atoms with van der Waals surface area (Å²) in [4.78, 5) is 20.4. The molecule has 1 aromatic rings. The van der Waals surface area contributed by atoms with Crippen molar-refractivity contribution >= 4 is 12.0 Å². The minimum absolute atomic E-state index is 0.0785. The molecular formula is C9H6N2O4. The zero-order valence-electron chi connectivity index (χ0n) is 7.76. The minimum atomic E-state index is -0.773. The van der Waals surface area contributed by atoms with Gasteiger partial charge in [0, 0.05) is 0 Å². The van der Waals surface area contributed by atoms with Gasteiger partial charge in [0.25, 0.3) is 0 Å². The SMILES string of the molecule is COc1ccc(C=O)c([N+](=O)[O-])c1C#N. The number of ether oxygens (including phenoxy) is 1. The second-order valence-corrected chi connectivity index (χ2v) is 2.57. The van der Waals surface area contributed by atoms with Gasteiger partial charge in [0.1, 0.15) is 11.8 Å². The van der Waals surface area contributed by atoms with Crippen molar-refractivity contribution in [3.05, 3.63) is 33.4 Å². The Morgan fingerprint density at radius 3 is 2.67 bits per heavy atom. The molecule has 76 valence electrons. The maximum Gasteiger partial charge on any atom is 0.301 e. The summed E-state index contributed by atoms with van der Waals surface area (Å²) in [5.74, 6) is 0.0785. The Morgan fingerprint density at radius 1 is 1.60 bits per heavy atom. The van der Waals surface area contributed by atoms with Crippen molar-refractivity contribution in [2.75, 3.05) is 7.11 Å². The molecule has 0 aliphatic rings. The van der Waals surface area contributed by atoms with Crippen molar-refractivity contribution in [1.29, 1.82) is 5.26 Å². The molecular weight excluding hydrogens is 200 g/mol. The van der Waals surface area contributed by atoms with E-state index in [0.717, 1.165) is 0 Å². The predicted octanol–water partition coefficient (Wildman–Crippen LogP) is 1.29. The van der Waals surface area contributed by atoms with E-state index >= 15 is 0 Å². The topological polar surface area (TPSA) is 93.2 Å². The standard InChI is InChI=1S/C9H6N2O4/c1-15-8-3-2-6(5-12)9(11(13)14)7(8)4-10/h2-3,5H,1H3. The van der Waals surface area contributed by atoms with E-state index in [2.05, 4.69) is 0 Å². The van der Waals surface area contributed by atoms with Crippen molar-refractivity contribution in [2.45, 2.75) is 0 Å². The van der Waals surface area contributed by atoms with E-state index in [-0.39, 0.29) is 16.9 Å². The van der Waals surface area contributed by atoms with Crippen molar-refractivity contribution < 1.29 is 14.5 Å². The summed E-state index contributed by atoms with van der Waals surface area (Å²) in [6, 6.07) is 4.23. The molecule has 0 amide bonds. The van der Waals surface area contributed by atoms with Crippen LogP contribution in [0.25, 0.3) is 0 Å². The van der Waals surface area contributed by atoms with Crippen LogP contribution in [0.5, 0.6) is 5.75 Å². The van der Waals surface area contributed by atoms with Crippen LogP contribution in [0.3, 0.4) is 0 Å². The van der Waals surface area contributed by atoms with Gasteiger partial charge in [0.2, 0.25) is 0 Å².